The van der Waals surface area contributed by atoms with E-state index in [1.807, 2.05) is 51.7 Å². The number of carbonyl (C=O) groups excluding carboxylic acids is 1. The molecule has 1 amide bonds. The average molecular weight is 357 g/mol. The lowest BCUT2D eigenvalue weighted by atomic mass is 10.0. The van der Waals surface area contributed by atoms with Gasteiger partial charge in [-0.3, -0.25) is 14.6 Å². The number of aromatic nitrogens is 4. The van der Waals surface area contributed by atoms with Crippen LogP contribution in [0, 0.1) is 20.8 Å². The number of carbonyl (C=O) groups is 1. The zero-order valence-corrected chi connectivity index (χ0v) is 16.2. The third kappa shape index (κ3) is 3.11. The average Bonchev–Trinajstić information content (AvgIpc) is 3.26. The topological polar surface area (TPSA) is 66.8 Å². The predicted molar refractivity (Wildman–Crippen MR) is 99.8 cm³/mol. The second kappa shape index (κ2) is 6.48. The molecule has 7 heteroatoms. The Kier molecular flexibility index (Phi) is 4.51. The zero-order valence-electron chi connectivity index (χ0n) is 15.4. The Hall–Kier alpha value is -2.41. The number of rotatable bonds is 4. The summed E-state index contributed by atoms with van der Waals surface area (Å²) in [4.78, 5) is 16.9. The van der Waals surface area contributed by atoms with Gasteiger partial charge in [0, 0.05) is 30.2 Å². The van der Waals surface area contributed by atoms with E-state index in [-0.39, 0.29) is 11.9 Å². The number of nitrogens with zero attached hydrogens (tertiary/aromatic N) is 4. The molecule has 0 fully saturated rings. The van der Waals surface area contributed by atoms with Crippen molar-refractivity contribution in [1.82, 2.24) is 24.9 Å². The van der Waals surface area contributed by atoms with Gasteiger partial charge in [0.1, 0.15) is 0 Å². The lowest BCUT2D eigenvalue weighted by Gasteiger charge is -2.24. The fraction of sp³-hybridized carbons (Fsp3) is 0.389. The Morgan fingerprint density at radius 1 is 1.32 bits per heavy atom. The van der Waals surface area contributed by atoms with Gasteiger partial charge in [-0.2, -0.15) is 10.2 Å². The lowest BCUT2D eigenvalue weighted by Crippen LogP contribution is -2.30. The largest absolute Gasteiger partial charge is 0.333 e. The van der Waals surface area contributed by atoms with E-state index in [0.29, 0.717) is 5.69 Å². The Labute approximate surface area is 151 Å². The second-order valence-corrected chi connectivity index (χ2v) is 7.67. The summed E-state index contributed by atoms with van der Waals surface area (Å²) in [6.45, 7) is 8.08. The van der Waals surface area contributed by atoms with Crippen LogP contribution in [0.2, 0.25) is 0 Å². The first-order valence-corrected chi connectivity index (χ1v) is 9.00. The van der Waals surface area contributed by atoms with E-state index in [0.717, 1.165) is 27.5 Å². The minimum absolute atomic E-state index is 0.0784. The molecule has 0 saturated carbocycles. The second-order valence-electron chi connectivity index (χ2n) is 6.38. The van der Waals surface area contributed by atoms with Gasteiger partial charge in [-0.15, -0.1) is 11.3 Å². The van der Waals surface area contributed by atoms with Gasteiger partial charge in [0.05, 0.1) is 22.3 Å². The molecular formula is C18H23N5OS. The quantitative estimate of drug-likeness (QED) is 0.775. The maximum atomic E-state index is 12.9. The highest BCUT2D eigenvalue weighted by atomic mass is 32.1. The van der Waals surface area contributed by atoms with Gasteiger partial charge in [-0.1, -0.05) is 0 Å². The monoisotopic (exact) mass is 357 g/mol. The van der Waals surface area contributed by atoms with E-state index >= 15 is 0 Å². The molecule has 0 bridgehead atoms. The van der Waals surface area contributed by atoms with Gasteiger partial charge in [0.25, 0.3) is 5.91 Å². The molecule has 25 heavy (non-hydrogen) atoms. The van der Waals surface area contributed by atoms with Crippen molar-refractivity contribution >= 4 is 17.2 Å². The van der Waals surface area contributed by atoms with E-state index in [4.69, 9.17) is 0 Å². The summed E-state index contributed by atoms with van der Waals surface area (Å²) in [6, 6.07) is 5.84. The van der Waals surface area contributed by atoms with Crippen molar-refractivity contribution in [1.29, 1.82) is 0 Å². The number of hydrogen-bond acceptors (Lipinski definition) is 4. The van der Waals surface area contributed by atoms with Gasteiger partial charge in [0.15, 0.2) is 5.69 Å². The molecule has 3 aromatic rings. The molecule has 3 aromatic heterocycles. The van der Waals surface area contributed by atoms with Crippen LogP contribution in [0.1, 0.15) is 45.3 Å². The SMILES string of the molecule is Cc1ccc(-c2cc(C(=O)N(C)C(C)c3c(C)nn(C)c3C)n[nH]2)s1. The van der Waals surface area contributed by atoms with Crippen molar-refractivity contribution in [2.75, 3.05) is 7.05 Å². The third-order valence-corrected chi connectivity index (χ3v) is 5.72. The first-order valence-electron chi connectivity index (χ1n) is 8.19. The van der Waals surface area contributed by atoms with Crippen LogP contribution in [0.5, 0.6) is 0 Å². The third-order valence-electron chi connectivity index (χ3n) is 4.69. The number of amides is 1. The first kappa shape index (κ1) is 17.4. The van der Waals surface area contributed by atoms with Crippen molar-refractivity contribution in [3.05, 3.63) is 45.7 Å². The highest BCUT2D eigenvalue weighted by molar-refractivity contribution is 7.15. The highest BCUT2D eigenvalue weighted by Crippen LogP contribution is 2.29. The Morgan fingerprint density at radius 3 is 2.60 bits per heavy atom. The summed E-state index contributed by atoms with van der Waals surface area (Å²) in [6.07, 6.45) is 0. The van der Waals surface area contributed by atoms with E-state index in [1.165, 1.54) is 4.88 Å². The molecule has 0 spiro atoms. The fourth-order valence-corrected chi connectivity index (χ4v) is 3.92. The number of aromatic amines is 1. The van der Waals surface area contributed by atoms with E-state index in [1.54, 1.807) is 16.2 Å². The lowest BCUT2D eigenvalue weighted by molar-refractivity contribution is 0.0736. The van der Waals surface area contributed by atoms with Crippen LogP contribution in [0.15, 0.2) is 18.2 Å². The van der Waals surface area contributed by atoms with Crippen LogP contribution < -0.4 is 0 Å². The van der Waals surface area contributed by atoms with Crippen molar-refractivity contribution < 1.29 is 4.79 Å². The molecule has 0 aliphatic carbocycles. The number of thiophene rings is 1. The summed E-state index contributed by atoms with van der Waals surface area (Å²) >= 11 is 1.68. The Bertz CT molecular complexity index is 920. The van der Waals surface area contributed by atoms with Crippen LogP contribution >= 0.6 is 11.3 Å². The molecule has 0 radical (unpaired) electrons. The molecule has 0 saturated heterocycles. The molecule has 0 aliphatic heterocycles. The van der Waals surface area contributed by atoms with Crippen LogP contribution in [0.25, 0.3) is 10.6 Å². The van der Waals surface area contributed by atoms with Gasteiger partial charge < -0.3 is 4.90 Å². The maximum Gasteiger partial charge on any atom is 0.274 e. The van der Waals surface area contributed by atoms with Gasteiger partial charge >= 0.3 is 0 Å². The molecule has 3 heterocycles. The summed E-state index contributed by atoms with van der Waals surface area (Å²) < 4.78 is 1.85. The van der Waals surface area contributed by atoms with Gasteiger partial charge in [-0.25, -0.2) is 0 Å². The Morgan fingerprint density at radius 2 is 2.04 bits per heavy atom. The van der Waals surface area contributed by atoms with Crippen LogP contribution in [-0.2, 0) is 7.05 Å². The van der Waals surface area contributed by atoms with Crippen molar-refractivity contribution in [2.45, 2.75) is 33.7 Å². The predicted octanol–water partition coefficient (Wildman–Crippen LogP) is 3.63. The summed E-state index contributed by atoms with van der Waals surface area (Å²) in [5.41, 5.74) is 4.40. The minimum Gasteiger partial charge on any atom is -0.333 e. The number of aryl methyl sites for hydroxylation is 3. The smallest absolute Gasteiger partial charge is 0.274 e. The standard InChI is InChI=1S/C18H23N5OS/c1-10-7-8-16(25-10)14-9-15(20-19-14)18(24)22(5)12(3)17-11(2)21-23(6)13(17)4/h7-9,12H,1-6H3,(H,19,20). The van der Waals surface area contributed by atoms with Crippen molar-refractivity contribution in [2.24, 2.45) is 7.05 Å². The zero-order chi connectivity index (χ0) is 18.3. The van der Waals surface area contributed by atoms with Gasteiger partial charge in [0.2, 0.25) is 0 Å². The van der Waals surface area contributed by atoms with Gasteiger partial charge in [-0.05, 0) is 45.9 Å². The number of H-pyrrole nitrogens is 1. The Balaban J connectivity index is 1.84. The summed E-state index contributed by atoms with van der Waals surface area (Å²) in [7, 11) is 3.73. The number of hydrogen-bond donors (Lipinski definition) is 1. The molecule has 1 N–H and O–H groups in total. The number of nitrogens with one attached hydrogen (secondary N) is 1. The van der Waals surface area contributed by atoms with E-state index < -0.39 is 0 Å². The molecule has 3 rings (SSSR count). The molecule has 132 valence electrons. The maximum absolute atomic E-state index is 12.9. The highest BCUT2D eigenvalue weighted by Gasteiger charge is 2.25. The summed E-state index contributed by atoms with van der Waals surface area (Å²) in [5, 5.41) is 11.6. The summed E-state index contributed by atoms with van der Waals surface area (Å²) in [5.74, 6) is -0.106. The van der Waals surface area contributed by atoms with Crippen LogP contribution in [0.4, 0.5) is 0 Å². The van der Waals surface area contributed by atoms with Crippen LogP contribution in [0.3, 0.4) is 0 Å². The van der Waals surface area contributed by atoms with E-state index in [9.17, 15) is 4.79 Å². The molecule has 6 nitrogen and oxygen atoms in total. The molecular weight excluding hydrogens is 334 g/mol. The van der Waals surface area contributed by atoms with Crippen molar-refractivity contribution in [3.8, 4) is 10.6 Å². The fourth-order valence-electron chi connectivity index (χ4n) is 3.08. The van der Waals surface area contributed by atoms with Crippen molar-refractivity contribution in [3.63, 3.8) is 0 Å². The molecule has 1 atom stereocenters. The minimum atomic E-state index is -0.106. The molecule has 0 aliphatic rings. The van der Waals surface area contributed by atoms with E-state index in [2.05, 4.69) is 28.3 Å². The normalized spacial score (nSPS) is 12.4. The van der Waals surface area contributed by atoms with Crippen LogP contribution in [-0.4, -0.2) is 37.8 Å². The first-order chi connectivity index (χ1) is 11.8. The molecule has 1 unspecified atom stereocenters. The molecule has 0 aromatic carbocycles.